The van der Waals surface area contributed by atoms with Gasteiger partial charge in [0.05, 0.1) is 5.70 Å². The highest BCUT2D eigenvalue weighted by atomic mass is 16.4. The average Bonchev–Trinajstić information content (AvgIpc) is 2.95. The summed E-state index contributed by atoms with van der Waals surface area (Å²) < 4.78 is 0. The van der Waals surface area contributed by atoms with E-state index in [2.05, 4.69) is 28.3 Å². The lowest BCUT2D eigenvalue weighted by Gasteiger charge is -2.21. The number of allylic oxidation sites excluding steroid dienone is 1. The van der Waals surface area contributed by atoms with Crippen molar-refractivity contribution in [2.75, 3.05) is 6.54 Å². The summed E-state index contributed by atoms with van der Waals surface area (Å²) in [6.07, 6.45) is 17.8. The van der Waals surface area contributed by atoms with Crippen molar-refractivity contribution < 1.29 is 19.5 Å². The van der Waals surface area contributed by atoms with Gasteiger partial charge in [-0.2, -0.15) is 0 Å². The van der Waals surface area contributed by atoms with E-state index in [1.54, 1.807) is 24.5 Å². The first kappa shape index (κ1) is 29.8. The molecule has 0 saturated heterocycles. The number of carbonyl (C=O) groups is 3. The van der Waals surface area contributed by atoms with E-state index in [0.29, 0.717) is 18.5 Å². The second kappa shape index (κ2) is 16.3. The molecule has 0 atom stereocenters. The molecule has 7 nitrogen and oxygen atoms in total. The molecule has 2 amide bonds. The molecule has 3 rings (SSSR count). The van der Waals surface area contributed by atoms with Crippen LogP contribution in [-0.4, -0.2) is 34.4 Å². The standard InChI is InChI=1S/C32H41N3O4/c1-24(31(38)34-22-9-8-13-25-11-4-2-5-12-25)35-32(39)27-19-17-26(18-20-27)29(28-14-10-21-33-23-28)15-6-3-7-16-30(36)37/h10,14-15,17-21,23,25H,1-9,11-13,16,22H2,(H,34,38)(H,35,39)(H,36,37)/b29-15+. The minimum atomic E-state index is -0.787. The Kier molecular flexibility index (Phi) is 12.4. The molecule has 1 heterocycles. The third-order valence-corrected chi connectivity index (χ3v) is 7.21. The molecule has 0 bridgehead atoms. The van der Waals surface area contributed by atoms with E-state index in [0.717, 1.165) is 48.3 Å². The summed E-state index contributed by atoms with van der Waals surface area (Å²) in [5.74, 6) is -0.692. The Hall–Kier alpha value is -3.74. The van der Waals surface area contributed by atoms with Crippen molar-refractivity contribution in [2.24, 2.45) is 5.92 Å². The van der Waals surface area contributed by atoms with Gasteiger partial charge < -0.3 is 15.7 Å². The van der Waals surface area contributed by atoms with E-state index in [9.17, 15) is 14.4 Å². The molecule has 0 spiro atoms. The van der Waals surface area contributed by atoms with E-state index in [1.807, 2.05) is 24.3 Å². The number of rotatable bonds is 15. The molecule has 3 N–H and O–H groups in total. The highest BCUT2D eigenvalue weighted by Crippen LogP contribution is 2.27. The minimum absolute atomic E-state index is 0.0358. The quantitative estimate of drug-likeness (QED) is 0.185. The Morgan fingerprint density at radius 2 is 1.69 bits per heavy atom. The molecule has 0 aliphatic heterocycles. The summed E-state index contributed by atoms with van der Waals surface area (Å²) in [6.45, 7) is 4.32. The monoisotopic (exact) mass is 531 g/mol. The maximum absolute atomic E-state index is 12.7. The van der Waals surface area contributed by atoms with Crippen LogP contribution in [0.25, 0.3) is 5.57 Å². The van der Waals surface area contributed by atoms with Gasteiger partial charge in [-0.1, -0.05) is 75.8 Å². The topological polar surface area (TPSA) is 108 Å². The molecule has 1 aliphatic rings. The number of aliphatic carboxylic acids is 1. The summed E-state index contributed by atoms with van der Waals surface area (Å²) >= 11 is 0. The van der Waals surface area contributed by atoms with Gasteiger partial charge >= 0.3 is 5.97 Å². The minimum Gasteiger partial charge on any atom is -0.481 e. The van der Waals surface area contributed by atoms with Crippen LogP contribution in [0.5, 0.6) is 0 Å². The number of carboxylic acid groups (broad SMARTS) is 1. The van der Waals surface area contributed by atoms with Gasteiger partial charge in [0.1, 0.15) is 0 Å². The number of unbranched alkanes of at least 4 members (excludes halogenated alkanes) is 3. The van der Waals surface area contributed by atoms with Crippen LogP contribution in [0.3, 0.4) is 0 Å². The highest BCUT2D eigenvalue weighted by Gasteiger charge is 2.15. The maximum atomic E-state index is 12.7. The SMILES string of the molecule is C=C(NC(=O)c1ccc(/C(=C\CCCCC(=O)O)c2cccnc2)cc1)C(=O)NCCCCC1CCCCC1. The van der Waals surface area contributed by atoms with E-state index < -0.39 is 5.97 Å². The molecule has 0 radical (unpaired) electrons. The summed E-state index contributed by atoms with van der Waals surface area (Å²) in [4.78, 5) is 40.1. The van der Waals surface area contributed by atoms with Gasteiger partial charge in [-0.05, 0) is 60.9 Å². The van der Waals surface area contributed by atoms with E-state index in [1.165, 1.54) is 38.5 Å². The molecule has 2 aromatic rings. The number of aromatic nitrogens is 1. The van der Waals surface area contributed by atoms with Crippen molar-refractivity contribution >= 4 is 23.4 Å². The molecule has 1 aliphatic carbocycles. The predicted octanol–water partition coefficient (Wildman–Crippen LogP) is 6.27. The molecule has 208 valence electrons. The molecule has 1 fully saturated rings. The summed E-state index contributed by atoms with van der Waals surface area (Å²) in [5.41, 5.74) is 3.29. The second-order valence-electron chi connectivity index (χ2n) is 10.3. The third-order valence-electron chi connectivity index (χ3n) is 7.21. The molecule has 7 heteroatoms. The fourth-order valence-corrected chi connectivity index (χ4v) is 5.00. The van der Waals surface area contributed by atoms with Crippen molar-refractivity contribution in [1.29, 1.82) is 0 Å². The average molecular weight is 532 g/mol. The Balaban J connectivity index is 1.49. The van der Waals surface area contributed by atoms with Crippen LogP contribution < -0.4 is 10.6 Å². The number of benzene rings is 1. The number of nitrogens with zero attached hydrogens (tertiary/aromatic N) is 1. The lowest BCUT2D eigenvalue weighted by Crippen LogP contribution is -2.34. The normalized spacial score (nSPS) is 14.0. The maximum Gasteiger partial charge on any atom is 0.303 e. The lowest BCUT2D eigenvalue weighted by molar-refractivity contribution is -0.137. The molecular weight excluding hydrogens is 490 g/mol. The van der Waals surface area contributed by atoms with Gasteiger partial charge in [0, 0.05) is 36.5 Å². The summed E-state index contributed by atoms with van der Waals surface area (Å²) in [7, 11) is 0. The molecule has 39 heavy (non-hydrogen) atoms. The van der Waals surface area contributed by atoms with Crippen molar-refractivity contribution in [1.82, 2.24) is 15.6 Å². The zero-order valence-electron chi connectivity index (χ0n) is 22.8. The Morgan fingerprint density at radius 1 is 0.949 bits per heavy atom. The van der Waals surface area contributed by atoms with Crippen LogP contribution in [0.4, 0.5) is 0 Å². The van der Waals surface area contributed by atoms with Crippen LogP contribution in [0.2, 0.25) is 0 Å². The van der Waals surface area contributed by atoms with Crippen LogP contribution >= 0.6 is 0 Å². The number of pyridine rings is 1. The zero-order chi connectivity index (χ0) is 27.9. The molecule has 1 aromatic heterocycles. The van der Waals surface area contributed by atoms with Gasteiger partial charge in [-0.15, -0.1) is 0 Å². The van der Waals surface area contributed by atoms with Gasteiger partial charge in [0.15, 0.2) is 0 Å². The molecule has 0 unspecified atom stereocenters. The fourth-order valence-electron chi connectivity index (χ4n) is 5.00. The van der Waals surface area contributed by atoms with E-state index >= 15 is 0 Å². The smallest absolute Gasteiger partial charge is 0.303 e. The summed E-state index contributed by atoms with van der Waals surface area (Å²) in [5, 5.41) is 14.3. The van der Waals surface area contributed by atoms with Crippen LogP contribution in [0.15, 0.2) is 67.1 Å². The second-order valence-corrected chi connectivity index (χ2v) is 10.3. The van der Waals surface area contributed by atoms with Gasteiger partial charge in [0.2, 0.25) is 0 Å². The van der Waals surface area contributed by atoms with Gasteiger partial charge in [0.25, 0.3) is 11.8 Å². The zero-order valence-corrected chi connectivity index (χ0v) is 22.8. The van der Waals surface area contributed by atoms with Crippen molar-refractivity contribution in [3.63, 3.8) is 0 Å². The largest absolute Gasteiger partial charge is 0.481 e. The number of carboxylic acids is 1. The van der Waals surface area contributed by atoms with E-state index in [-0.39, 0.29) is 23.9 Å². The number of hydrogen-bond donors (Lipinski definition) is 3. The Labute approximate surface area is 231 Å². The first-order valence-corrected chi connectivity index (χ1v) is 14.2. The van der Waals surface area contributed by atoms with Crippen LogP contribution in [0, 0.1) is 5.92 Å². The van der Waals surface area contributed by atoms with Crippen molar-refractivity contribution in [3.05, 3.63) is 83.8 Å². The summed E-state index contributed by atoms with van der Waals surface area (Å²) in [6, 6.07) is 11.0. The first-order chi connectivity index (χ1) is 18.9. The number of hydrogen-bond acceptors (Lipinski definition) is 4. The predicted molar refractivity (Wildman–Crippen MR) is 154 cm³/mol. The number of nitrogens with one attached hydrogen (secondary N) is 2. The molecule has 1 saturated carbocycles. The number of amides is 2. The van der Waals surface area contributed by atoms with Gasteiger partial charge in [-0.25, -0.2) is 0 Å². The first-order valence-electron chi connectivity index (χ1n) is 14.2. The molecule has 1 aromatic carbocycles. The third kappa shape index (κ3) is 10.5. The van der Waals surface area contributed by atoms with Gasteiger partial charge in [-0.3, -0.25) is 19.4 Å². The van der Waals surface area contributed by atoms with Crippen LogP contribution in [0.1, 0.15) is 98.5 Å². The number of carbonyl (C=O) groups excluding carboxylic acids is 2. The molecular formula is C32H41N3O4. The van der Waals surface area contributed by atoms with Crippen molar-refractivity contribution in [2.45, 2.75) is 77.0 Å². The fraction of sp³-hybridized carbons (Fsp3) is 0.438. The lowest BCUT2D eigenvalue weighted by atomic mass is 9.86. The van der Waals surface area contributed by atoms with E-state index in [4.69, 9.17) is 5.11 Å². The van der Waals surface area contributed by atoms with Crippen molar-refractivity contribution in [3.8, 4) is 0 Å². The highest BCUT2D eigenvalue weighted by molar-refractivity contribution is 6.02. The Bertz CT molecular complexity index is 1120. The Morgan fingerprint density at radius 3 is 2.38 bits per heavy atom. The van der Waals surface area contributed by atoms with Crippen LogP contribution in [-0.2, 0) is 9.59 Å².